The van der Waals surface area contributed by atoms with E-state index in [9.17, 15) is 14.7 Å². The molecule has 1 aliphatic carbocycles. The summed E-state index contributed by atoms with van der Waals surface area (Å²) in [5.41, 5.74) is 1.95. The zero-order valence-electron chi connectivity index (χ0n) is 14.1. The Morgan fingerprint density at radius 2 is 2.04 bits per heavy atom. The van der Waals surface area contributed by atoms with Crippen LogP contribution in [0.25, 0.3) is 10.9 Å². The van der Waals surface area contributed by atoms with Crippen LogP contribution in [0.3, 0.4) is 0 Å². The second-order valence-corrected chi connectivity index (χ2v) is 6.74. The van der Waals surface area contributed by atoms with E-state index in [-0.39, 0.29) is 29.5 Å². The van der Waals surface area contributed by atoms with E-state index < -0.39 is 0 Å². The number of pyridine rings is 2. The van der Waals surface area contributed by atoms with Gasteiger partial charge in [0.1, 0.15) is 0 Å². The fourth-order valence-corrected chi connectivity index (χ4v) is 3.41. The van der Waals surface area contributed by atoms with Crippen LogP contribution in [0.5, 0.6) is 0 Å². The van der Waals surface area contributed by atoms with Crippen molar-refractivity contribution in [1.82, 2.24) is 15.3 Å². The number of H-pyrrole nitrogens is 1. The zero-order valence-corrected chi connectivity index (χ0v) is 14.1. The number of para-hydroxylation sites is 1. The topological polar surface area (TPSA) is 95.1 Å². The summed E-state index contributed by atoms with van der Waals surface area (Å²) in [4.78, 5) is 30.8. The minimum Gasteiger partial charge on any atom is -0.393 e. The Hall–Kier alpha value is -2.99. The third-order valence-electron chi connectivity index (χ3n) is 4.92. The molecule has 0 unspecified atom stereocenters. The fraction of sp³-hybridized carbons (Fsp3) is 0.250. The van der Waals surface area contributed by atoms with Crippen molar-refractivity contribution in [3.63, 3.8) is 0 Å². The van der Waals surface area contributed by atoms with Crippen molar-refractivity contribution in [3.8, 4) is 0 Å². The van der Waals surface area contributed by atoms with Crippen molar-refractivity contribution in [2.24, 2.45) is 5.92 Å². The maximum atomic E-state index is 12.6. The summed E-state index contributed by atoms with van der Waals surface area (Å²) in [6.45, 7) is 0. The van der Waals surface area contributed by atoms with Gasteiger partial charge in [-0.1, -0.05) is 18.2 Å². The van der Waals surface area contributed by atoms with Crippen LogP contribution in [0.15, 0.2) is 59.7 Å². The summed E-state index contributed by atoms with van der Waals surface area (Å²) in [5, 5.41) is 13.8. The SMILES string of the molecule is O=C(N[C@H](c1cnc2ccccc2c1)C1CC(O)C1)c1ccc(=O)[nH]c1. The summed E-state index contributed by atoms with van der Waals surface area (Å²) in [5.74, 6) is -0.111. The third kappa shape index (κ3) is 3.23. The lowest BCUT2D eigenvalue weighted by atomic mass is 9.75. The summed E-state index contributed by atoms with van der Waals surface area (Å²) in [6, 6.07) is 12.4. The molecule has 0 radical (unpaired) electrons. The Bertz CT molecular complexity index is 988. The van der Waals surface area contributed by atoms with E-state index in [2.05, 4.69) is 15.3 Å². The van der Waals surface area contributed by atoms with Crippen LogP contribution in [-0.2, 0) is 0 Å². The van der Waals surface area contributed by atoms with Crippen LogP contribution in [0, 0.1) is 5.92 Å². The van der Waals surface area contributed by atoms with E-state index in [0.717, 1.165) is 16.5 Å². The molecular formula is C20H19N3O3. The highest BCUT2D eigenvalue weighted by Gasteiger charge is 2.36. The van der Waals surface area contributed by atoms with Gasteiger partial charge >= 0.3 is 0 Å². The first-order valence-corrected chi connectivity index (χ1v) is 8.62. The largest absolute Gasteiger partial charge is 0.393 e. The van der Waals surface area contributed by atoms with Gasteiger partial charge in [0.2, 0.25) is 5.56 Å². The lowest BCUT2D eigenvalue weighted by Crippen LogP contribution is -2.41. The van der Waals surface area contributed by atoms with E-state index in [4.69, 9.17) is 0 Å². The maximum Gasteiger partial charge on any atom is 0.253 e. The molecule has 1 saturated carbocycles. The van der Waals surface area contributed by atoms with Crippen molar-refractivity contribution >= 4 is 16.8 Å². The van der Waals surface area contributed by atoms with Gasteiger partial charge in [-0.15, -0.1) is 0 Å². The first kappa shape index (κ1) is 16.5. The number of aliphatic hydroxyl groups excluding tert-OH is 1. The molecule has 6 nitrogen and oxygen atoms in total. The van der Waals surface area contributed by atoms with Gasteiger partial charge in [-0.05, 0) is 42.5 Å². The van der Waals surface area contributed by atoms with Crippen LogP contribution in [0.4, 0.5) is 0 Å². The predicted molar refractivity (Wildman–Crippen MR) is 97.7 cm³/mol. The summed E-state index contributed by atoms with van der Waals surface area (Å²) in [6.07, 6.45) is 4.15. The molecule has 1 fully saturated rings. The number of carbonyl (C=O) groups is 1. The normalized spacial score (nSPS) is 20.3. The second kappa shape index (κ2) is 6.72. The van der Waals surface area contributed by atoms with Crippen LogP contribution < -0.4 is 10.9 Å². The van der Waals surface area contributed by atoms with Gasteiger partial charge in [0.15, 0.2) is 0 Å². The highest BCUT2D eigenvalue weighted by atomic mass is 16.3. The number of aliphatic hydroxyl groups is 1. The summed E-state index contributed by atoms with van der Waals surface area (Å²) >= 11 is 0. The van der Waals surface area contributed by atoms with Crippen molar-refractivity contribution in [3.05, 3.63) is 76.3 Å². The predicted octanol–water partition coefficient (Wildman–Crippen LogP) is 2.17. The molecule has 1 aliphatic rings. The zero-order chi connectivity index (χ0) is 18.1. The van der Waals surface area contributed by atoms with E-state index in [0.29, 0.717) is 18.4 Å². The Labute approximate surface area is 149 Å². The molecular weight excluding hydrogens is 330 g/mol. The fourth-order valence-electron chi connectivity index (χ4n) is 3.41. The Morgan fingerprint density at radius 1 is 1.23 bits per heavy atom. The molecule has 2 aromatic heterocycles. The number of hydrogen-bond donors (Lipinski definition) is 3. The molecule has 26 heavy (non-hydrogen) atoms. The average molecular weight is 349 g/mol. The highest BCUT2D eigenvalue weighted by molar-refractivity contribution is 5.94. The molecule has 132 valence electrons. The van der Waals surface area contributed by atoms with Crippen LogP contribution in [0.2, 0.25) is 0 Å². The number of aromatic amines is 1. The van der Waals surface area contributed by atoms with Gasteiger partial charge < -0.3 is 15.4 Å². The molecule has 0 spiro atoms. The van der Waals surface area contributed by atoms with Gasteiger partial charge in [0.25, 0.3) is 5.91 Å². The molecule has 4 rings (SSSR count). The van der Waals surface area contributed by atoms with Crippen molar-refractivity contribution in [1.29, 1.82) is 0 Å². The lowest BCUT2D eigenvalue weighted by molar-refractivity contribution is 0.0235. The second-order valence-electron chi connectivity index (χ2n) is 6.74. The molecule has 1 atom stereocenters. The van der Waals surface area contributed by atoms with E-state index in [1.54, 1.807) is 6.20 Å². The van der Waals surface area contributed by atoms with Crippen molar-refractivity contribution in [2.75, 3.05) is 0 Å². The summed E-state index contributed by atoms with van der Waals surface area (Å²) in [7, 11) is 0. The Morgan fingerprint density at radius 3 is 2.77 bits per heavy atom. The lowest BCUT2D eigenvalue weighted by Gasteiger charge is -2.38. The number of fused-ring (bicyclic) bond motifs is 1. The Kier molecular flexibility index (Phi) is 4.26. The Balaban J connectivity index is 1.64. The van der Waals surface area contributed by atoms with Crippen molar-refractivity contribution in [2.45, 2.75) is 25.0 Å². The molecule has 3 aromatic rings. The highest BCUT2D eigenvalue weighted by Crippen LogP contribution is 2.38. The molecule has 0 bridgehead atoms. The number of benzene rings is 1. The first-order chi connectivity index (χ1) is 12.6. The molecule has 0 saturated heterocycles. The van der Waals surface area contributed by atoms with Gasteiger partial charge in [-0.25, -0.2) is 0 Å². The monoisotopic (exact) mass is 349 g/mol. The average Bonchev–Trinajstić information content (AvgIpc) is 2.64. The van der Waals surface area contributed by atoms with Crippen LogP contribution in [-0.4, -0.2) is 27.1 Å². The van der Waals surface area contributed by atoms with E-state index >= 15 is 0 Å². The van der Waals surface area contributed by atoms with E-state index in [1.165, 1.54) is 18.3 Å². The van der Waals surface area contributed by atoms with Gasteiger partial charge in [0, 0.05) is 23.8 Å². The quantitative estimate of drug-likeness (QED) is 0.673. The molecule has 1 amide bonds. The standard InChI is InChI=1S/C20H19N3O3/c24-16-8-14(9-16)19(23-20(26)13-5-6-18(25)22-10-13)15-7-12-3-1-2-4-17(12)21-11-15/h1-7,10-11,14,16,19,24H,8-9H2,(H,22,25)(H,23,26)/t14?,16?,19-/m0/s1. The molecule has 0 aliphatic heterocycles. The van der Waals surface area contributed by atoms with Crippen LogP contribution in [0.1, 0.15) is 34.8 Å². The minimum atomic E-state index is -0.319. The van der Waals surface area contributed by atoms with Crippen molar-refractivity contribution < 1.29 is 9.90 Å². The van der Waals surface area contributed by atoms with Gasteiger partial charge in [-0.3, -0.25) is 14.6 Å². The molecule has 3 N–H and O–H groups in total. The number of nitrogens with zero attached hydrogens (tertiary/aromatic N) is 1. The number of carbonyl (C=O) groups excluding carboxylic acids is 1. The summed E-state index contributed by atoms with van der Waals surface area (Å²) < 4.78 is 0. The van der Waals surface area contributed by atoms with Gasteiger partial charge in [0.05, 0.1) is 23.2 Å². The first-order valence-electron chi connectivity index (χ1n) is 8.62. The molecule has 2 heterocycles. The number of hydrogen-bond acceptors (Lipinski definition) is 4. The number of amides is 1. The third-order valence-corrected chi connectivity index (χ3v) is 4.92. The van der Waals surface area contributed by atoms with Gasteiger partial charge in [-0.2, -0.15) is 0 Å². The minimum absolute atomic E-state index is 0.152. The smallest absolute Gasteiger partial charge is 0.253 e. The number of rotatable bonds is 4. The number of aromatic nitrogens is 2. The van der Waals surface area contributed by atoms with E-state index in [1.807, 2.05) is 30.3 Å². The molecule has 6 heteroatoms. The van der Waals surface area contributed by atoms with Crippen LogP contribution >= 0.6 is 0 Å². The molecule has 1 aromatic carbocycles. The maximum absolute atomic E-state index is 12.6. The number of nitrogens with one attached hydrogen (secondary N) is 2.